The number of hydrogen-bond acceptors (Lipinski definition) is 9. The minimum atomic E-state index is -1.07. The molecule has 2 bridgehead atoms. The maximum Gasteiger partial charge on any atom is 0.343 e. The molecule has 3 aliphatic rings. The quantitative estimate of drug-likeness (QED) is 0.105. The fourth-order valence-electron chi connectivity index (χ4n) is 6.40. The van der Waals surface area contributed by atoms with Crippen molar-refractivity contribution in [1.82, 2.24) is 4.90 Å². The number of nitrogens with zero attached hydrogens (tertiary/aromatic N) is 2. The topological polar surface area (TPSA) is 150 Å². The van der Waals surface area contributed by atoms with Crippen LogP contribution in [0.1, 0.15) is 60.2 Å². The molecule has 5 atom stereocenters. The second-order valence-corrected chi connectivity index (χ2v) is 11.3. The van der Waals surface area contributed by atoms with E-state index < -0.39 is 35.3 Å². The first-order chi connectivity index (χ1) is 19.5. The molecule has 11 nitrogen and oxygen atoms in total. The highest BCUT2D eigenvalue weighted by Gasteiger charge is 2.62. The summed E-state index contributed by atoms with van der Waals surface area (Å²) in [4.78, 5) is 76.1. The van der Waals surface area contributed by atoms with Crippen LogP contribution in [0.2, 0.25) is 0 Å². The minimum Gasteiger partial charge on any atom is -0.456 e. The van der Waals surface area contributed by atoms with Gasteiger partial charge in [0.15, 0.2) is 12.4 Å². The number of nitro groups is 1. The Morgan fingerprint density at radius 2 is 1.49 bits per heavy atom. The number of carbonyl (C=O) groups is 5. The molecule has 2 saturated carbocycles. The van der Waals surface area contributed by atoms with Crippen LogP contribution in [0, 0.1) is 39.7 Å². The van der Waals surface area contributed by atoms with Crippen molar-refractivity contribution in [2.75, 3.05) is 6.61 Å². The van der Waals surface area contributed by atoms with E-state index in [1.165, 1.54) is 48.5 Å². The van der Waals surface area contributed by atoms with Crippen LogP contribution in [0.3, 0.4) is 0 Å². The molecule has 3 fully saturated rings. The molecule has 1 saturated heterocycles. The molecule has 2 amide bonds. The van der Waals surface area contributed by atoms with Gasteiger partial charge in [0.25, 0.3) is 5.69 Å². The Labute approximate surface area is 235 Å². The summed E-state index contributed by atoms with van der Waals surface area (Å²) in [6, 6.07) is 9.47. The molecular weight excluding hydrogens is 532 g/mol. The first kappa shape index (κ1) is 28.1. The van der Waals surface area contributed by atoms with Crippen LogP contribution >= 0.6 is 0 Å². The zero-order chi connectivity index (χ0) is 29.4. The number of Topliss-reactive ketones (excluding diaryl/α,β-unsaturated/α-hetero) is 1. The van der Waals surface area contributed by atoms with Crippen molar-refractivity contribution >= 4 is 35.2 Å². The second kappa shape index (κ2) is 11.2. The lowest BCUT2D eigenvalue weighted by molar-refractivity contribution is -0.384. The zero-order valence-corrected chi connectivity index (χ0v) is 22.7. The predicted octanol–water partition coefficient (Wildman–Crippen LogP) is 3.99. The smallest absolute Gasteiger partial charge is 0.343 e. The second-order valence-electron chi connectivity index (χ2n) is 11.3. The number of nitro benzene ring substituents is 1. The summed E-state index contributed by atoms with van der Waals surface area (Å²) in [5.41, 5.74) is 0.159. The van der Waals surface area contributed by atoms with Crippen LogP contribution in [0.5, 0.6) is 5.75 Å². The van der Waals surface area contributed by atoms with Crippen molar-refractivity contribution < 1.29 is 38.4 Å². The van der Waals surface area contributed by atoms with Gasteiger partial charge >= 0.3 is 11.9 Å². The molecule has 5 unspecified atom stereocenters. The molecule has 41 heavy (non-hydrogen) atoms. The zero-order valence-electron chi connectivity index (χ0n) is 22.7. The Bertz CT molecular complexity index is 1370. The summed E-state index contributed by atoms with van der Waals surface area (Å²) >= 11 is 0. The predicted molar refractivity (Wildman–Crippen MR) is 143 cm³/mol. The van der Waals surface area contributed by atoms with E-state index >= 15 is 0 Å². The van der Waals surface area contributed by atoms with Gasteiger partial charge in [-0.3, -0.25) is 29.4 Å². The van der Waals surface area contributed by atoms with Gasteiger partial charge in [0.1, 0.15) is 11.8 Å². The Morgan fingerprint density at radius 3 is 2.02 bits per heavy atom. The summed E-state index contributed by atoms with van der Waals surface area (Å²) in [6.45, 7) is 3.19. The van der Waals surface area contributed by atoms with E-state index in [0.717, 1.165) is 24.2 Å². The SMILES string of the molecule is CC(C)CC(C(=O)OCC(=O)c1ccc(OC(=O)c2ccc([N+](=O)[O-])cc2)cc1)N1C(=O)C2C3CCC(C3)C2C1=O. The van der Waals surface area contributed by atoms with Crippen molar-refractivity contribution in [3.05, 3.63) is 69.8 Å². The average molecular weight is 563 g/mol. The number of amides is 2. The highest BCUT2D eigenvalue weighted by Crippen LogP contribution is 2.56. The van der Waals surface area contributed by atoms with Gasteiger partial charge < -0.3 is 9.47 Å². The molecule has 2 aromatic carbocycles. The lowest BCUT2D eigenvalue weighted by Gasteiger charge is -2.27. The molecule has 0 radical (unpaired) electrons. The third kappa shape index (κ3) is 5.48. The van der Waals surface area contributed by atoms with E-state index in [2.05, 4.69) is 0 Å². The van der Waals surface area contributed by atoms with Crippen molar-refractivity contribution in [2.45, 2.75) is 45.6 Å². The van der Waals surface area contributed by atoms with Crippen LogP contribution in [0.25, 0.3) is 0 Å². The highest BCUT2D eigenvalue weighted by molar-refractivity contribution is 6.09. The number of esters is 2. The number of rotatable bonds is 10. The lowest BCUT2D eigenvalue weighted by Crippen LogP contribution is -2.48. The standard InChI is InChI=1S/C30H30N2O9/c1-16(2)13-23(31-27(34)25-19-3-4-20(14-19)26(25)28(31)35)30(37)40-15-24(33)17-7-11-22(12-8-17)41-29(36)18-5-9-21(10-6-18)32(38)39/h5-12,16,19-20,23,25-26H,3-4,13-15H2,1-2H3. The third-order valence-corrected chi connectivity index (χ3v) is 8.29. The largest absolute Gasteiger partial charge is 0.456 e. The summed E-state index contributed by atoms with van der Waals surface area (Å²) < 4.78 is 10.6. The Balaban J connectivity index is 1.19. The number of likely N-dealkylation sites (tertiary alicyclic amines) is 1. The van der Waals surface area contributed by atoms with E-state index in [0.29, 0.717) is 0 Å². The normalized spacial score (nSPS) is 23.4. The molecule has 214 valence electrons. The molecule has 1 aliphatic heterocycles. The average Bonchev–Trinajstić information content (AvgIpc) is 3.64. The number of fused-ring (bicyclic) bond motifs is 5. The fourth-order valence-corrected chi connectivity index (χ4v) is 6.40. The van der Waals surface area contributed by atoms with Crippen LogP contribution in [-0.2, 0) is 19.1 Å². The molecule has 2 aliphatic carbocycles. The molecule has 5 rings (SSSR count). The van der Waals surface area contributed by atoms with Gasteiger partial charge in [-0.15, -0.1) is 0 Å². The Kier molecular flexibility index (Phi) is 7.70. The van der Waals surface area contributed by atoms with Gasteiger partial charge in [-0.05, 0) is 79.8 Å². The van der Waals surface area contributed by atoms with Crippen molar-refractivity contribution in [1.29, 1.82) is 0 Å². The number of benzene rings is 2. The number of imide groups is 1. The Morgan fingerprint density at radius 1 is 0.927 bits per heavy atom. The van der Waals surface area contributed by atoms with E-state index in [4.69, 9.17) is 9.47 Å². The van der Waals surface area contributed by atoms with Gasteiger partial charge in [-0.2, -0.15) is 0 Å². The summed E-state index contributed by atoms with van der Waals surface area (Å²) in [6.07, 6.45) is 3.00. The maximum absolute atomic E-state index is 13.3. The van der Waals surface area contributed by atoms with Gasteiger partial charge in [-0.25, -0.2) is 9.59 Å². The number of ether oxygens (including phenoxy) is 2. The van der Waals surface area contributed by atoms with Gasteiger partial charge in [0, 0.05) is 17.7 Å². The van der Waals surface area contributed by atoms with E-state index in [1.54, 1.807) is 0 Å². The van der Waals surface area contributed by atoms with Crippen molar-refractivity contribution in [3.63, 3.8) is 0 Å². The van der Waals surface area contributed by atoms with Crippen LogP contribution in [0.15, 0.2) is 48.5 Å². The number of non-ortho nitro benzene ring substituents is 1. The monoisotopic (exact) mass is 562 g/mol. The summed E-state index contributed by atoms with van der Waals surface area (Å²) in [5, 5.41) is 10.8. The molecule has 0 aromatic heterocycles. The third-order valence-electron chi connectivity index (χ3n) is 8.29. The van der Waals surface area contributed by atoms with Gasteiger partial charge in [0.05, 0.1) is 22.3 Å². The van der Waals surface area contributed by atoms with E-state index in [9.17, 15) is 34.1 Å². The maximum atomic E-state index is 13.3. The van der Waals surface area contributed by atoms with Crippen molar-refractivity contribution in [2.24, 2.45) is 29.6 Å². The first-order valence-corrected chi connectivity index (χ1v) is 13.7. The van der Waals surface area contributed by atoms with Crippen LogP contribution in [0.4, 0.5) is 5.69 Å². The molecule has 1 heterocycles. The van der Waals surface area contributed by atoms with Gasteiger partial charge in [-0.1, -0.05) is 13.8 Å². The molecule has 11 heteroatoms. The first-order valence-electron chi connectivity index (χ1n) is 13.7. The summed E-state index contributed by atoms with van der Waals surface area (Å²) in [7, 11) is 0. The van der Waals surface area contributed by atoms with E-state index in [1.807, 2.05) is 13.8 Å². The Hall–Kier alpha value is -4.41. The lowest BCUT2D eigenvalue weighted by atomic mass is 9.81. The fraction of sp³-hybridized carbons (Fsp3) is 0.433. The highest BCUT2D eigenvalue weighted by atomic mass is 16.6. The number of hydrogen-bond donors (Lipinski definition) is 0. The van der Waals surface area contributed by atoms with Crippen LogP contribution in [-0.4, -0.2) is 52.0 Å². The number of ketones is 1. The number of carbonyl (C=O) groups excluding carboxylic acids is 5. The molecular formula is C30H30N2O9. The molecule has 0 spiro atoms. The van der Waals surface area contributed by atoms with Crippen LogP contribution < -0.4 is 4.74 Å². The summed E-state index contributed by atoms with van der Waals surface area (Å²) in [5.74, 6) is -2.77. The van der Waals surface area contributed by atoms with Crippen molar-refractivity contribution in [3.8, 4) is 5.75 Å². The minimum absolute atomic E-state index is 0.00210. The molecule has 0 N–H and O–H groups in total. The van der Waals surface area contributed by atoms with E-state index in [-0.39, 0.29) is 70.4 Å². The molecule has 2 aromatic rings. The van der Waals surface area contributed by atoms with Gasteiger partial charge in [0.2, 0.25) is 11.8 Å².